The van der Waals surface area contributed by atoms with Crippen molar-refractivity contribution < 1.29 is 13.2 Å². The third-order valence-electron chi connectivity index (χ3n) is 3.59. The van der Waals surface area contributed by atoms with Gasteiger partial charge in [0.25, 0.3) is 0 Å². The molecule has 5 nitrogen and oxygen atoms in total. The molecule has 0 aromatic heterocycles. The first kappa shape index (κ1) is 20.6. The lowest BCUT2D eigenvalue weighted by atomic mass is 10.2. The average molecular weight is 413 g/mol. The maximum atomic E-state index is 12.5. The van der Waals surface area contributed by atoms with Gasteiger partial charge in [-0.25, -0.2) is 8.42 Å². The average Bonchev–Trinajstić information content (AvgIpc) is 2.56. The Hall–Kier alpha value is -1.70. The van der Waals surface area contributed by atoms with E-state index in [1.165, 1.54) is 0 Å². The van der Waals surface area contributed by atoms with Crippen molar-refractivity contribution in [2.45, 2.75) is 18.7 Å². The van der Waals surface area contributed by atoms with Gasteiger partial charge in [-0.3, -0.25) is 9.10 Å². The van der Waals surface area contributed by atoms with Gasteiger partial charge in [-0.1, -0.05) is 36.7 Å². The van der Waals surface area contributed by atoms with Crippen LogP contribution in [0.3, 0.4) is 0 Å². The first-order chi connectivity index (χ1) is 12.2. The number of thioether (sulfide) groups is 1. The summed E-state index contributed by atoms with van der Waals surface area (Å²) in [5, 5.41) is 3.24. The van der Waals surface area contributed by atoms with Crippen LogP contribution in [0.25, 0.3) is 0 Å². The first-order valence-electron chi connectivity index (χ1n) is 7.98. The second-order valence-electron chi connectivity index (χ2n) is 5.68. The normalized spacial score (nSPS) is 11.2. The number of benzene rings is 2. The van der Waals surface area contributed by atoms with E-state index in [1.807, 2.05) is 32.0 Å². The van der Waals surface area contributed by atoms with E-state index in [0.717, 1.165) is 26.8 Å². The van der Waals surface area contributed by atoms with Crippen LogP contribution in [0.5, 0.6) is 0 Å². The highest BCUT2D eigenvalue weighted by atomic mass is 35.5. The summed E-state index contributed by atoms with van der Waals surface area (Å²) in [5.41, 5.74) is 1.85. The quantitative estimate of drug-likeness (QED) is 0.693. The predicted molar refractivity (Wildman–Crippen MR) is 110 cm³/mol. The molecule has 1 N–H and O–H groups in total. The van der Waals surface area contributed by atoms with Crippen LogP contribution in [-0.4, -0.2) is 32.9 Å². The zero-order valence-electron chi connectivity index (χ0n) is 14.8. The number of sulfonamides is 1. The molecule has 140 valence electrons. The molecule has 2 rings (SSSR count). The Kier molecular flexibility index (Phi) is 6.97. The van der Waals surface area contributed by atoms with Crippen molar-refractivity contribution in [2.24, 2.45) is 0 Å². The zero-order valence-corrected chi connectivity index (χ0v) is 17.2. The van der Waals surface area contributed by atoms with E-state index in [0.29, 0.717) is 16.4 Å². The third kappa shape index (κ3) is 5.40. The van der Waals surface area contributed by atoms with Crippen molar-refractivity contribution in [2.75, 3.05) is 28.2 Å². The minimum atomic E-state index is -3.65. The van der Waals surface area contributed by atoms with E-state index in [-0.39, 0.29) is 6.54 Å². The number of hydrogen-bond acceptors (Lipinski definition) is 4. The monoisotopic (exact) mass is 412 g/mol. The summed E-state index contributed by atoms with van der Waals surface area (Å²) in [6.45, 7) is 3.52. The number of rotatable bonds is 7. The second kappa shape index (κ2) is 8.79. The first-order valence-corrected chi connectivity index (χ1v) is 11.2. The lowest BCUT2D eigenvalue weighted by molar-refractivity contribution is -0.114. The maximum Gasteiger partial charge on any atom is 0.245 e. The van der Waals surface area contributed by atoms with Crippen LogP contribution in [0, 0.1) is 6.92 Å². The fraction of sp³-hybridized carbons (Fsp3) is 0.278. The number of anilines is 2. The largest absolute Gasteiger partial charge is 0.323 e. The molecule has 2 aromatic rings. The smallest absolute Gasteiger partial charge is 0.245 e. The van der Waals surface area contributed by atoms with Gasteiger partial charge in [0.05, 0.1) is 17.6 Å². The van der Waals surface area contributed by atoms with Crippen LogP contribution in [0.1, 0.15) is 12.5 Å². The number of hydrogen-bond donors (Lipinski definition) is 1. The van der Waals surface area contributed by atoms with Gasteiger partial charge in [-0.2, -0.15) is 0 Å². The van der Waals surface area contributed by atoms with E-state index in [2.05, 4.69) is 5.32 Å². The van der Waals surface area contributed by atoms with Crippen molar-refractivity contribution in [1.29, 1.82) is 0 Å². The van der Waals surface area contributed by atoms with E-state index in [1.54, 1.807) is 36.0 Å². The van der Waals surface area contributed by atoms with Crippen molar-refractivity contribution >= 4 is 50.7 Å². The van der Waals surface area contributed by atoms with Gasteiger partial charge < -0.3 is 5.32 Å². The highest BCUT2D eigenvalue weighted by molar-refractivity contribution is 7.99. The van der Waals surface area contributed by atoms with E-state index >= 15 is 0 Å². The molecule has 0 aliphatic carbocycles. The number of amides is 1. The summed E-state index contributed by atoms with van der Waals surface area (Å²) < 4.78 is 25.4. The fourth-order valence-corrected chi connectivity index (χ4v) is 4.09. The fourth-order valence-electron chi connectivity index (χ4n) is 2.31. The number of aryl methyl sites for hydroxylation is 1. The number of para-hydroxylation sites is 1. The lowest BCUT2D eigenvalue weighted by Crippen LogP contribution is -2.37. The molecule has 0 radical (unpaired) electrons. The molecule has 2 aromatic carbocycles. The van der Waals surface area contributed by atoms with Crippen molar-refractivity contribution in [3.63, 3.8) is 0 Å². The minimum absolute atomic E-state index is 0.330. The van der Waals surface area contributed by atoms with E-state index in [9.17, 15) is 13.2 Å². The number of nitrogens with zero attached hydrogens (tertiary/aromatic N) is 1. The molecule has 0 saturated carbocycles. The Balaban J connectivity index is 2.24. The highest BCUT2D eigenvalue weighted by Crippen LogP contribution is 2.27. The Bertz CT molecular complexity index is 901. The van der Waals surface area contributed by atoms with Gasteiger partial charge in [-0.05, 0) is 42.5 Å². The maximum absolute atomic E-state index is 12.5. The van der Waals surface area contributed by atoms with Gasteiger partial charge in [0.1, 0.15) is 6.54 Å². The van der Waals surface area contributed by atoms with Crippen LogP contribution in [-0.2, 0) is 14.8 Å². The van der Waals surface area contributed by atoms with E-state index < -0.39 is 15.9 Å². The molecular formula is C18H21ClN2O3S2. The van der Waals surface area contributed by atoms with E-state index in [4.69, 9.17) is 11.6 Å². The SMILES string of the molecule is CCSc1ccccc1NC(=O)CN(c1ccc(C)c(Cl)c1)S(C)(=O)=O. The number of halogens is 1. The van der Waals surface area contributed by atoms with Crippen LogP contribution in [0.4, 0.5) is 11.4 Å². The lowest BCUT2D eigenvalue weighted by Gasteiger charge is -2.22. The third-order valence-corrected chi connectivity index (χ3v) is 6.10. The molecule has 0 heterocycles. The molecule has 0 aliphatic heterocycles. The number of carbonyl (C=O) groups excluding carboxylic acids is 1. The highest BCUT2D eigenvalue weighted by Gasteiger charge is 2.22. The predicted octanol–water partition coefficient (Wildman–Crippen LogP) is 4.17. The molecular weight excluding hydrogens is 392 g/mol. The number of nitrogens with one attached hydrogen (secondary N) is 1. The topological polar surface area (TPSA) is 66.5 Å². The minimum Gasteiger partial charge on any atom is -0.323 e. The summed E-state index contributed by atoms with van der Waals surface area (Å²) in [4.78, 5) is 13.4. The van der Waals surface area contributed by atoms with Gasteiger partial charge in [0.2, 0.25) is 15.9 Å². The van der Waals surface area contributed by atoms with Gasteiger partial charge in [0.15, 0.2) is 0 Å². The van der Waals surface area contributed by atoms with Crippen molar-refractivity contribution in [3.05, 3.63) is 53.1 Å². The number of carbonyl (C=O) groups is 1. The molecule has 0 atom stereocenters. The van der Waals surface area contributed by atoms with Crippen molar-refractivity contribution in [3.8, 4) is 0 Å². The summed E-state index contributed by atoms with van der Waals surface area (Å²) in [5.74, 6) is 0.445. The Morgan fingerprint density at radius 3 is 2.54 bits per heavy atom. The zero-order chi connectivity index (χ0) is 19.3. The molecule has 0 bridgehead atoms. The standard InChI is InChI=1S/C18H21ClN2O3S2/c1-4-25-17-8-6-5-7-16(17)20-18(22)12-21(26(3,23)24)14-10-9-13(2)15(19)11-14/h5-11H,4,12H2,1-3H3,(H,20,22). The molecule has 0 unspecified atom stereocenters. The van der Waals surface area contributed by atoms with Crippen LogP contribution < -0.4 is 9.62 Å². The molecule has 0 fully saturated rings. The van der Waals surface area contributed by atoms with Crippen LogP contribution >= 0.6 is 23.4 Å². The van der Waals surface area contributed by atoms with Crippen molar-refractivity contribution in [1.82, 2.24) is 0 Å². The van der Waals surface area contributed by atoms with Crippen LogP contribution in [0.2, 0.25) is 5.02 Å². The summed E-state index contributed by atoms with van der Waals surface area (Å²) >= 11 is 7.71. The Labute approximate surface area is 163 Å². The van der Waals surface area contributed by atoms with Gasteiger partial charge >= 0.3 is 0 Å². The molecule has 8 heteroatoms. The summed E-state index contributed by atoms with van der Waals surface area (Å²) in [7, 11) is -3.65. The van der Waals surface area contributed by atoms with Gasteiger partial charge in [0, 0.05) is 9.92 Å². The molecule has 26 heavy (non-hydrogen) atoms. The second-order valence-corrected chi connectivity index (χ2v) is 9.30. The van der Waals surface area contributed by atoms with Gasteiger partial charge in [-0.15, -0.1) is 11.8 Å². The summed E-state index contributed by atoms with van der Waals surface area (Å²) in [6.07, 6.45) is 1.06. The Morgan fingerprint density at radius 2 is 1.92 bits per heavy atom. The Morgan fingerprint density at radius 1 is 1.23 bits per heavy atom. The molecule has 1 amide bonds. The molecule has 0 aliphatic rings. The van der Waals surface area contributed by atoms with Crippen LogP contribution in [0.15, 0.2) is 47.4 Å². The summed E-state index contributed by atoms with van der Waals surface area (Å²) in [6, 6.07) is 12.3. The molecule has 0 saturated heterocycles. The molecule has 0 spiro atoms.